The number of nitrogens with zero attached hydrogens (tertiary/aromatic N) is 1. The minimum atomic E-state index is -0.779. The van der Waals surface area contributed by atoms with E-state index in [1.165, 1.54) is 6.33 Å². The van der Waals surface area contributed by atoms with Gasteiger partial charge < -0.3 is 21.1 Å². The average Bonchev–Trinajstić information content (AvgIpc) is 2.28. The van der Waals surface area contributed by atoms with Crippen LogP contribution in [0, 0.1) is 0 Å². The Morgan fingerprint density at radius 1 is 1.47 bits per heavy atom. The molecule has 0 radical (unpaired) electrons. The van der Waals surface area contributed by atoms with E-state index in [-0.39, 0.29) is 17.7 Å². The number of carboxylic acid groups (broad SMARTS) is 1. The fourth-order valence-electron chi connectivity index (χ4n) is 1.34. The van der Waals surface area contributed by atoms with E-state index in [0.717, 1.165) is 12.8 Å². The summed E-state index contributed by atoms with van der Waals surface area (Å²) in [6.45, 7) is 0.611. The fourth-order valence-corrected chi connectivity index (χ4v) is 1.34. The molecule has 1 aromatic heterocycles. The summed E-state index contributed by atoms with van der Waals surface area (Å²) in [4.78, 5) is 27.6. The molecular weight excluding hydrogens is 224 g/mol. The minimum Gasteiger partial charge on any atom is -0.481 e. The number of nitrogens with two attached hydrogens (primary N) is 1. The Morgan fingerprint density at radius 2 is 2.24 bits per heavy atom. The Labute approximate surface area is 98.1 Å². The summed E-state index contributed by atoms with van der Waals surface area (Å²) < 4.78 is 0. The minimum absolute atomic E-state index is 0.0676. The molecule has 1 rings (SSSR count). The van der Waals surface area contributed by atoms with Crippen molar-refractivity contribution in [3.8, 4) is 0 Å². The highest BCUT2D eigenvalue weighted by molar-refractivity contribution is 5.66. The smallest absolute Gasteiger partial charge is 0.303 e. The predicted octanol–water partition coefficient (Wildman–Crippen LogP) is 0.409. The Morgan fingerprint density at radius 3 is 2.94 bits per heavy atom. The van der Waals surface area contributed by atoms with E-state index in [9.17, 15) is 9.59 Å². The third kappa shape index (κ3) is 4.54. The lowest BCUT2D eigenvalue weighted by atomic mass is 10.2. The molecule has 1 aromatic rings. The Balaban J connectivity index is 2.25. The molecule has 0 aliphatic heterocycles. The molecule has 0 aliphatic rings. The zero-order valence-corrected chi connectivity index (χ0v) is 9.40. The van der Waals surface area contributed by atoms with Gasteiger partial charge in [0.2, 0.25) is 0 Å². The predicted molar refractivity (Wildman–Crippen MR) is 63.9 cm³/mol. The zero-order chi connectivity index (χ0) is 12.7. The molecule has 0 saturated heterocycles. The van der Waals surface area contributed by atoms with Crippen molar-refractivity contribution < 1.29 is 9.90 Å². The number of aromatic nitrogens is 2. The van der Waals surface area contributed by atoms with Crippen LogP contribution in [0.1, 0.15) is 25.7 Å². The number of aliphatic carboxylic acids is 1. The van der Waals surface area contributed by atoms with E-state index < -0.39 is 5.97 Å². The molecule has 0 unspecified atom stereocenters. The second-order valence-electron chi connectivity index (χ2n) is 3.63. The van der Waals surface area contributed by atoms with E-state index in [1.54, 1.807) is 0 Å². The van der Waals surface area contributed by atoms with Crippen LogP contribution in [0.4, 0.5) is 11.5 Å². The molecule has 17 heavy (non-hydrogen) atoms. The van der Waals surface area contributed by atoms with Crippen molar-refractivity contribution in [2.75, 3.05) is 17.6 Å². The molecule has 7 heteroatoms. The Bertz CT molecular complexity index is 430. The average molecular weight is 240 g/mol. The second-order valence-corrected chi connectivity index (χ2v) is 3.63. The van der Waals surface area contributed by atoms with Gasteiger partial charge in [-0.15, -0.1) is 0 Å². The van der Waals surface area contributed by atoms with Crippen LogP contribution < -0.4 is 16.6 Å². The number of anilines is 2. The third-order valence-electron chi connectivity index (χ3n) is 2.25. The van der Waals surface area contributed by atoms with E-state index in [4.69, 9.17) is 10.8 Å². The van der Waals surface area contributed by atoms with E-state index >= 15 is 0 Å². The number of hydrogen-bond acceptors (Lipinski definition) is 5. The number of H-pyrrole nitrogens is 1. The van der Waals surface area contributed by atoms with E-state index in [0.29, 0.717) is 18.8 Å². The normalized spacial score (nSPS) is 10.1. The lowest BCUT2D eigenvalue weighted by Gasteiger charge is -2.06. The maximum Gasteiger partial charge on any atom is 0.303 e. The van der Waals surface area contributed by atoms with Crippen LogP contribution in [0.25, 0.3) is 0 Å². The van der Waals surface area contributed by atoms with Crippen LogP contribution in [0.15, 0.2) is 11.1 Å². The highest BCUT2D eigenvalue weighted by Gasteiger charge is 2.03. The molecule has 0 aromatic carbocycles. The van der Waals surface area contributed by atoms with Crippen LogP contribution >= 0.6 is 0 Å². The van der Waals surface area contributed by atoms with Crippen molar-refractivity contribution in [2.24, 2.45) is 0 Å². The highest BCUT2D eigenvalue weighted by Crippen LogP contribution is 2.08. The molecule has 0 bridgehead atoms. The quantitative estimate of drug-likeness (QED) is 0.512. The molecule has 0 aliphatic carbocycles. The van der Waals surface area contributed by atoms with Crippen molar-refractivity contribution in [2.45, 2.75) is 25.7 Å². The molecule has 0 saturated carbocycles. The Hall–Kier alpha value is -2.05. The number of carboxylic acids is 1. The van der Waals surface area contributed by atoms with Crippen molar-refractivity contribution in [1.29, 1.82) is 0 Å². The number of carbonyl (C=O) groups is 1. The molecular formula is C10H16N4O3. The van der Waals surface area contributed by atoms with Crippen LogP contribution in [0.3, 0.4) is 0 Å². The number of hydrogen-bond donors (Lipinski definition) is 4. The zero-order valence-electron chi connectivity index (χ0n) is 9.40. The summed E-state index contributed by atoms with van der Waals surface area (Å²) in [5, 5.41) is 11.4. The van der Waals surface area contributed by atoms with Gasteiger partial charge in [-0.2, -0.15) is 0 Å². The van der Waals surface area contributed by atoms with E-state index in [1.807, 2.05) is 0 Å². The molecule has 5 N–H and O–H groups in total. The van der Waals surface area contributed by atoms with Gasteiger partial charge in [-0.05, 0) is 12.8 Å². The highest BCUT2D eigenvalue weighted by atomic mass is 16.4. The van der Waals surface area contributed by atoms with Crippen LogP contribution in [0.5, 0.6) is 0 Å². The molecule has 94 valence electrons. The lowest BCUT2D eigenvalue weighted by Crippen LogP contribution is -2.16. The first kappa shape index (κ1) is 13.0. The number of unbranched alkanes of at least 4 members (excludes halogenated alkanes) is 2. The van der Waals surface area contributed by atoms with Crippen LogP contribution in [0.2, 0.25) is 0 Å². The van der Waals surface area contributed by atoms with Gasteiger partial charge in [0.1, 0.15) is 5.69 Å². The van der Waals surface area contributed by atoms with Crippen LogP contribution in [-0.4, -0.2) is 27.6 Å². The van der Waals surface area contributed by atoms with Crippen molar-refractivity contribution >= 4 is 17.5 Å². The largest absolute Gasteiger partial charge is 0.481 e. The van der Waals surface area contributed by atoms with Crippen LogP contribution in [-0.2, 0) is 4.79 Å². The molecule has 7 nitrogen and oxygen atoms in total. The van der Waals surface area contributed by atoms with Gasteiger partial charge in [-0.1, -0.05) is 6.42 Å². The first-order chi connectivity index (χ1) is 8.11. The number of aromatic amines is 1. The molecule has 0 spiro atoms. The summed E-state index contributed by atoms with van der Waals surface area (Å²) >= 11 is 0. The summed E-state index contributed by atoms with van der Waals surface area (Å²) in [6, 6.07) is 0. The first-order valence-electron chi connectivity index (χ1n) is 5.40. The molecule has 0 fully saturated rings. The first-order valence-corrected chi connectivity index (χ1v) is 5.40. The van der Waals surface area contributed by atoms with Gasteiger partial charge in [0, 0.05) is 13.0 Å². The van der Waals surface area contributed by atoms with Crippen molar-refractivity contribution in [3.05, 3.63) is 16.7 Å². The summed E-state index contributed by atoms with van der Waals surface area (Å²) in [5.74, 6) is -0.412. The van der Waals surface area contributed by atoms with Gasteiger partial charge >= 0.3 is 5.97 Å². The van der Waals surface area contributed by atoms with Gasteiger partial charge in [-0.3, -0.25) is 9.59 Å². The maximum atomic E-state index is 11.1. The monoisotopic (exact) mass is 240 g/mol. The Kier molecular flexibility index (Phi) is 4.99. The number of nitrogens with one attached hydrogen (secondary N) is 2. The SMILES string of the molecule is Nc1c(NCCCCCC(=O)O)nc[nH]c1=O. The van der Waals surface area contributed by atoms with Crippen molar-refractivity contribution in [3.63, 3.8) is 0 Å². The lowest BCUT2D eigenvalue weighted by molar-refractivity contribution is -0.137. The summed E-state index contributed by atoms with van der Waals surface area (Å²) in [7, 11) is 0. The number of rotatable bonds is 7. The topological polar surface area (TPSA) is 121 Å². The van der Waals surface area contributed by atoms with Gasteiger partial charge in [0.05, 0.1) is 6.33 Å². The molecule has 0 atom stereocenters. The number of nitrogen functional groups attached to an aromatic ring is 1. The van der Waals surface area contributed by atoms with E-state index in [2.05, 4.69) is 15.3 Å². The summed E-state index contributed by atoms with van der Waals surface area (Å²) in [5.41, 5.74) is 5.22. The standard InChI is InChI=1S/C10H16N4O3/c11-8-9(13-6-14-10(8)17)12-5-3-1-2-4-7(15)16/h6H,1-5,11H2,(H,15,16)(H2,12,13,14,17). The fraction of sp³-hybridized carbons (Fsp3) is 0.500. The van der Waals surface area contributed by atoms with Gasteiger partial charge in [0.25, 0.3) is 5.56 Å². The second kappa shape index (κ2) is 6.51. The molecule has 0 amide bonds. The summed E-state index contributed by atoms with van der Waals surface area (Å²) in [6.07, 6.45) is 3.73. The van der Waals surface area contributed by atoms with Gasteiger partial charge in [0.15, 0.2) is 5.82 Å². The maximum absolute atomic E-state index is 11.1. The molecule has 1 heterocycles. The van der Waals surface area contributed by atoms with Gasteiger partial charge in [-0.25, -0.2) is 4.98 Å². The third-order valence-corrected chi connectivity index (χ3v) is 2.25. The van der Waals surface area contributed by atoms with Crippen molar-refractivity contribution in [1.82, 2.24) is 9.97 Å².